The number of phenols is 1. The quantitative estimate of drug-likeness (QED) is 0.496. The van der Waals surface area contributed by atoms with Gasteiger partial charge < -0.3 is 14.6 Å². The number of carbonyl (C=O) groups excluding carboxylic acids is 1. The van der Waals surface area contributed by atoms with Crippen LogP contribution < -0.4 is 14.9 Å². The van der Waals surface area contributed by atoms with Crippen molar-refractivity contribution >= 4 is 44.0 Å². The van der Waals surface area contributed by atoms with Crippen LogP contribution in [-0.4, -0.2) is 30.9 Å². The summed E-state index contributed by atoms with van der Waals surface area (Å²) in [6, 6.07) is 8.57. The fourth-order valence-corrected chi connectivity index (χ4v) is 3.29. The van der Waals surface area contributed by atoms with Crippen LogP contribution in [0, 0.1) is 6.92 Å². The predicted octanol–water partition coefficient (Wildman–Crippen LogP) is 3.76. The van der Waals surface area contributed by atoms with Gasteiger partial charge in [-0.25, -0.2) is 5.43 Å². The Morgan fingerprint density at radius 3 is 2.60 bits per heavy atom. The molecule has 0 unspecified atom stereocenters. The number of nitrogens with zero attached hydrogens (tertiary/aromatic N) is 1. The topological polar surface area (TPSA) is 80.2 Å². The summed E-state index contributed by atoms with van der Waals surface area (Å²) < 4.78 is 11.9. The first kappa shape index (κ1) is 19.3. The normalized spacial score (nSPS) is 10.7. The highest BCUT2D eigenvalue weighted by Gasteiger charge is 2.11. The standard InChI is InChI=1S/C17H16Br2N2O4/c1-10-3-4-15(22)11(5-10)8-20-21-16(23)9-25-17-13(18)6-12(24-2)7-14(17)19/h3-8,22H,9H2,1-2H3,(H,21,23)/b20-8+. The van der Waals surface area contributed by atoms with Crippen molar-refractivity contribution in [2.45, 2.75) is 6.92 Å². The van der Waals surface area contributed by atoms with E-state index >= 15 is 0 Å². The maximum Gasteiger partial charge on any atom is 0.277 e. The number of phenolic OH excluding ortho intramolecular Hbond substituents is 1. The van der Waals surface area contributed by atoms with Gasteiger partial charge in [-0.1, -0.05) is 11.6 Å². The van der Waals surface area contributed by atoms with E-state index in [0.29, 0.717) is 26.0 Å². The highest BCUT2D eigenvalue weighted by atomic mass is 79.9. The molecule has 0 aliphatic rings. The molecule has 8 heteroatoms. The third kappa shape index (κ3) is 5.47. The first-order chi connectivity index (χ1) is 11.9. The van der Waals surface area contributed by atoms with Crippen molar-refractivity contribution in [2.24, 2.45) is 5.10 Å². The highest BCUT2D eigenvalue weighted by molar-refractivity contribution is 9.11. The van der Waals surface area contributed by atoms with Crippen LogP contribution in [0.5, 0.6) is 17.2 Å². The Morgan fingerprint density at radius 2 is 1.96 bits per heavy atom. The summed E-state index contributed by atoms with van der Waals surface area (Å²) in [6.07, 6.45) is 1.37. The lowest BCUT2D eigenvalue weighted by atomic mass is 10.1. The summed E-state index contributed by atoms with van der Waals surface area (Å²) in [7, 11) is 1.56. The molecular formula is C17H16Br2N2O4. The average Bonchev–Trinajstić information content (AvgIpc) is 2.57. The first-order valence-electron chi connectivity index (χ1n) is 7.18. The number of hydrazone groups is 1. The molecule has 0 heterocycles. The van der Waals surface area contributed by atoms with Gasteiger partial charge in [0.25, 0.3) is 5.91 Å². The van der Waals surface area contributed by atoms with E-state index in [0.717, 1.165) is 5.56 Å². The summed E-state index contributed by atoms with van der Waals surface area (Å²) in [5.41, 5.74) is 3.84. The van der Waals surface area contributed by atoms with Gasteiger partial charge in [-0.3, -0.25) is 4.79 Å². The molecule has 25 heavy (non-hydrogen) atoms. The lowest BCUT2D eigenvalue weighted by molar-refractivity contribution is -0.123. The van der Waals surface area contributed by atoms with Crippen LogP contribution in [0.15, 0.2) is 44.4 Å². The zero-order chi connectivity index (χ0) is 18.4. The van der Waals surface area contributed by atoms with Crippen molar-refractivity contribution in [3.63, 3.8) is 0 Å². The van der Waals surface area contributed by atoms with Gasteiger partial charge in [0, 0.05) is 5.56 Å². The fraction of sp³-hybridized carbons (Fsp3) is 0.176. The number of benzene rings is 2. The summed E-state index contributed by atoms with van der Waals surface area (Å²) in [4.78, 5) is 11.8. The highest BCUT2D eigenvalue weighted by Crippen LogP contribution is 2.37. The Morgan fingerprint density at radius 1 is 1.28 bits per heavy atom. The second kappa shape index (κ2) is 8.87. The van der Waals surface area contributed by atoms with Crippen molar-refractivity contribution < 1.29 is 19.4 Å². The summed E-state index contributed by atoms with van der Waals surface area (Å²) in [5, 5.41) is 13.5. The second-order valence-corrected chi connectivity index (χ2v) is 6.77. The molecule has 0 spiro atoms. The summed E-state index contributed by atoms with van der Waals surface area (Å²) in [6.45, 7) is 1.68. The number of aromatic hydroxyl groups is 1. The molecule has 0 aromatic heterocycles. The Kier molecular flexibility index (Phi) is 6.83. The number of rotatable bonds is 6. The molecule has 0 aliphatic heterocycles. The maximum absolute atomic E-state index is 11.8. The average molecular weight is 472 g/mol. The van der Waals surface area contributed by atoms with E-state index in [1.165, 1.54) is 6.21 Å². The molecule has 6 nitrogen and oxygen atoms in total. The molecule has 1 amide bonds. The number of amides is 1. The molecular weight excluding hydrogens is 456 g/mol. The zero-order valence-corrected chi connectivity index (χ0v) is 16.7. The Labute approximate surface area is 162 Å². The molecule has 2 N–H and O–H groups in total. The largest absolute Gasteiger partial charge is 0.507 e. The van der Waals surface area contributed by atoms with Crippen LogP contribution in [-0.2, 0) is 4.79 Å². The van der Waals surface area contributed by atoms with E-state index in [1.807, 2.05) is 6.92 Å². The molecule has 0 bridgehead atoms. The van der Waals surface area contributed by atoms with Gasteiger partial charge in [0.2, 0.25) is 0 Å². The Bertz CT molecular complexity index is 786. The molecule has 2 aromatic carbocycles. The van der Waals surface area contributed by atoms with Crippen LogP contribution >= 0.6 is 31.9 Å². The van der Waals surface area contributed by atoms with E-state index in [4.69, 9.17) is 9.47 Å². The molecule has 0 fully saturated rings. The van der Waals surface area contributed by atoms with Crippen molar-refractivity contribution in [1.29, 1.82) is 0 Å². The molecule has 0 aliphatic carbocycles. The number of halogens is 2. The summed E-state index contributed by atoms with van der Waals surface area (Å²) >= 11 is 6.73. The third-order valence-electron chi connectivity index (χ3n) is 3.13. The maximum atomic E-state index is 11.8. The minimum atomic E-state index is -0.432. The van der Waals surface area contributed by atoms with E-state index in [9.17, 15) is 9.90 Å². The van der Waals surface area contributed by atoms with E-state index in [1.54, 1.807) is 37.4 Å². The van der Waals surface area contributed by atoms with Crippen molar-refractivity contribution in [3.8, 4) is 17.2 Å². The van der Waals surface area contributed by atoms with Gasteiger partial charge in [-0.2, -0.15) is 5.10 Å². The molecule has 0 saturated heterocycles. The van der Waals surface area contributed by atoms with Gasteiger partial charge in [0.05, 0.1) is 22.3 Å². The number of ether oxygens (including phenoxy) is 2. The van der Waals surface area contributed by atoms with Crippen LogP contribution in [0.4, 0.5) is 0 Å². The molecule has 2 aromatic rings. The number of nitrogens with one attached hydrogen (secondary N) is 1. The summed E-state index contributed by atoms with van der Waals surface area (Å²) in [5.74, 6) is 0.790. The van der Waals surface area contributed by atoms with Gasteiger partial charge in [0.15, 0.2) is 6.61 Å². The zero-order valence-electron chi connectivity index (χ0n) is 13.5. The lowest BCUT2D eigenvalue weighted by Crippen LogP contribution is -2.24. The van der Waals surface area contributed by atoms with Gasteiger partial charge in [-0.05, 0) is 63.0 Å². The van der Waals surface area contributed by atoms with Crippen LogP contribution in [0.3, 0.4) is 0 Å². The van der Waals surface area contributed by atoms with E-state index in [2.05, 4.69) is 42.4 Å². The number of hydrogen-bond donors (Lipinski definition) is 2. The Hall–Kier alpha value is -2.06. The Balaban J connectivity index is 1.93. The first-order valence-corrected chi connectivity index (χ1v) is 8.76. The van der Waals surface area contributed by atoms with Crippen molar-refractivity contribution in [3.05, 3.63) is 50.4 Å². The monoisotopic (exact) mass is 470 g/mol. The van der Waals surface area contributed by atoms with Crippen LogP contribution in [0.2, 0.25) is 0 Å². The minimum absolute atomic E-state index is 0.0888. The van der Waals surface area contributed by atoms with Gasteiger partial charge in [0.1, 0.15) is 17.2 Å². The SMILES string of the molecule is COc1cc(Br)c(OCC(=O)N/N=C/c2cc(C)ccc2O)c(Br)c1. The van der Waals surface area contributed by atoms with Crippen molar-refractivity contribution in [1.82, 2.24) is 5.43 Å². The second-order valence-electron chi connectivity index (χ2n) is 5.06. The van der Waals surface area contributed by atoms with E-state index < -0.39 is 5.91 Å². The lowest BCUT2D eigenvalue weighted by Gasteiger charge is -2.11. The number of methoxy groups -OCH3 is 1. The molecule has 0 saturated carbocycles. The van der Waals surface area contributed by atoms with Gasteiger partial charge >= 0.3 is 0 Å². The smallest absolute Gasteiger partial charge is 0.277 e. The van der Waals surface area contributed by atoms with Crippen molar-refractivity contribution in [2.75, 3.05) is 13.7 Å². The van der Waals surface area contributed by atoms with E-state index in [-0.39, 0.29) is 12.4 Å². The molecule has 0 atom stereocenters. The fourth-order valence-electron chi connectivity index (χ4n) is 1.91. The molecule has 132 valence electrons. The third-order valence-corrected chi connectivity index (χ3v) is 4.31. The van der Waals surface area contributed by atoms with Crippen LogP contribution in [0.25, 0.3) is 0 Å². The van der Waals surface area contributed by atoms with Crippen LogP contribution in [0.1, 0.15) is 11.1 Å². The predicted molar refractivity (Wildman–Crippen MR) is 102 cm³/mol. The molecule has 2 rings (SSSR count). The molecule has 0 radical (unpaired) electrons. The minimum Gasteiger partial charge on any atom is -0.507 e. The number of aryl methyl sites for hydroxylation is 1. The number of carbonyl (C=O) groups is 1. The van der Waals surface area contributed by atoms with Gasteiger partial charge in [-0.15, -0.1) is 0 Å². The number of hydrogen-bond acceptors (Lipinski definition) is 5.